The van der Waals surface area contributed by atoms with Gasteiger partial charge in [0.2, 0.25) is 0 Å². The van der Waals surface area contributed by atoms with Gasteiger partial charge in [0.05, 0.1) is 51.3 Å². The van der Waals surface area contributed by atoms with E-state index in [4.69, 9.17) is 4.42 Å². The van der Waals surface area contributed by atoms with Crippen molar-refractivity contribution >= 4 is 43.7 Å². The van der Waals surface area contributed by atoms with Crippen molar-refractivity contribution in [2.45, 2.75) is 11.8 Å². The predicted octanol–water partition coefficient (Wildman–Crippen LogP) is 12.6. The van der Waals surface area contributed by atoms with Crippen LogP contribution in [0.1, 0.15) is 61.9 Å². The average Bonchev–Trinajstić information content (AvgIpc) is 3.83. The Kier molecular flexibility index (Phi) is 6.60. The van der Waals surface area contributed by atoms with Gasteiger partial charge >= 0.3 is 0 Å². The number of benzene rings is 8. The number of nitrogens with zero attached hydrogens (tertiary/aromatic N) is 4. The van der Waals surface area contributed by atoms with E-state index < -0.39 is 0 Å². The van der Waals surface area contributed by atoms with E-state index in [1.54, 1.807) is 0 Å². The number of furan rings is 1. The molecule has 0 unspecified atom stereocenters. The van der Waals surface area contributed by atoms with Crippen LogP contribution < -0.4 is 0 Å². The molecule has 3 aliphatic carbocycles. The third kappa shape index (κ3) is 4.38. The summed E-state index contributed by atoms with van der Waals surface area (Å²) in [6.45, 7) is 0. The van der Waals surface area contributed by atoms with Gasteiger partial charge in [0, 0.05) is 33.7 Å². The fourth-order valence-corrected chi connectivity index (χ4v) is 9.95. The van der Waals surface area contributed by atoms with Crippen molar-refractivity contribution in [3.63, 3.8) is 0 Å². The molecule has 3 aliphatic rings. The molecule has 0 spiro atoms. The first-order valence-electron chi connectivity index (χ1n) is 19.3. The van der Waals surface area contributed by atoms with E-state index in [2.05, 4.69) is 126 Å². The second-order valence-electron chi connectivity index (χ2n) is 15.3. The lowest BCUT2D eigenvalue weighted by atomic mass is 9.60. The molecule has 2 aromatic heterocycles. The SMILES string of the molecule is N#Cc1ccc2c(c1)C1c3cc(C#N)ccc3C2c2cc(-c3ccc4c(c3)c3c5oc6ccccc6c5ccc3n4-c3ccc(-c4ccccc4)cc3)c(C#N)cc21. The van der Waals surface area contributed by atoms with Gasteiger partial charge in [-0.15, -0.1) is 0 Å². The van der Waals surface area contributed by atoms with Gasteiger partial charge in [-0.1, -0.05) is 78.9 Å². The van der Waals surface area contributed by atoms with Crippen molar-refractivity contribution in [1.82, 2.24) is 4.57 Å². The molecule has 5 heteroatoms. The molecule has 8 aromatic carbocycles. The summed E-state index contributed by atoms with van der Waals surface area (Å²) < 4.78 is 9.00. The van der Waals surface area contributed by atoms with Gasteiger partial charge in [-0.3, -0.25) is 0 Å². The molecule has 2 heterocycles. The van der Waals surface area contributed by atoms with E-state index >= 15 is 0 Å². The Labute approximate surface area is 333 Å². The second kappa shape index (κ2) is 11.9. The summed E-state index contributed by atoms with van der Waals surface area (Å²) in [4.78, 5) is 0. The topological polar surface area (TPSA) is 89.4 Å². The zero-order valence-corrected chi connectivity index (χ0v) is 30.9. The molecule has 58 heavy (non-hydrogen) atoms. The van der Waals surface area contributed by atoms with E-state index in [1.165, 1.54) is 5.56 Å². The Morgan fingerprint density at radius 1 is 0.448 bits per heavy atom. The van der Waals surface area contributed by atoms with Crippen molar-refractivity contribution in [3.8, 4) is 46.1 Å². The molecule has 0 fully saturated rings. The van der Waals surface area contributed by atoms with Crippen LogP contribution in [0.3, 0.4) is 0 Å². The minimum absolute atomic E-state index is 0.100. The molecule has 0 amide bonds. The molecule has 0 N–H and O–H groups in total. The summed E-state index contributed by atoms with van der Waals surface area (Å²) >= 11 is 0. The van der Waals surface area contributed by atoms with E-state index in [0.717, 1.165) is 99.5 Å². The molecule has 10 aromatic rings. The lowest BCUT2D eigenvalue weighted by molar-refractivity contribution is 0.673. The minimum atomic E-state index is -0.192. The number of para-hydroxylation sites is 1. The monoisotopic (exact) mass is 736 g/mol. The molecular weight excluding hydrogens is 709 g/mol. The molecule has 0 saturated heterocycles. The Hall–Kier alpha value is -8.17. The maximum Gasteiger partial charge on any atom is 0.145 e. The third-order valence-corrected chi connectivity index (χ3v) is 12.5. The van der Waals surface area contributed by atoms with Crippen molar-refractivity contribution in [2.75, 3.05) is 0 Å². The van der Waals surface area contributed by atoms with E-state index in [-0.39, 0.29) is 11.8 Å². The number of aromatic nitrogens is 1. The van der Waals surface area contributed by atoms with Crippen LogP contribution >= 0.6 is 0 Å². The van der Waals surface area contributed by atoms with Crippen LogP contribution in [-0.4, -0.2) is 4.57 Å². The molecule has 0 saturated carbocycles. The van der Waals surface area contributed by atoms with Crippen molar-refractivity contribution in [1.29, 1.82) is 15.8 Å². The second-order valence-corrected chi connectivity index (χ2v) is 15.3. The minimum Gasteiger partial charge on any atom is -0.455 e. The number of nitriles is 3. The highest BCUT2D eigenvalue weighted by Gasteiger charge is 2.42. The maximum atomic E-state index is 10.8. The normalized spacial score (nSPS) is 14.8. The van der Waals surface area contributed by atoms with E-state index in [0.29, 0.717) is 16.7 Å². The first-order chi connectivity index (χ1) is 28.6. The van der Waals surface area contributed by atoms with Gasteiger partial charge in [0.25, 0.3) is 0 Å². The summed E-state index contributed by atoms with van der Waals surface area (Å²) in [5.74, 6) is -0.292. The Balaban J connectivity index is 1.09. The molecule has 5 nitrogen and oxygen atoms in total. The van der Waals surface area contributed by atoms with Gasteiger partial charge in [-0.05, 0) is 134 Å². The summed E-state index contributed by atoms with van der Waals surface area (Å²) in [6, 6.07) is 61.6. The highest BCUT2D eigenvalue weighted by molar-refractivity contribution is 6.24. The Morgan fingerprint density at radius 3 is 1.79 bits per heavy atom. The van der Waals surface area contributed by atoms with E-state index in [9.17, 15) is 15.8 Å². The molecule has 2 bridgehead atoms. The molecule has 13 rings (SSSR count). The number of hydrogen-bond acceptors (Lipinski definition) is 4. The average molecular weight is 737 g/mol. The summed E-state index contributed by atoms with van der Waals surface area (Å²) in [7, 11) is 0. The number of rotatable bonds is 3. The predicted molar refractivity (Wildman–Crippen MR) is 228 cm³/mol. The van der Waals surface area contributed by atoms with Gasteiger partial charge in [-0.25, -0.2) is 0 Å². The smallest absolute Gasteiger partial charge is 0.145 e. The van der Waals surface area contributed by atoms with Crippen LogP contribution in [0.4, 0.5) is 0 Å². The zero-order chi connectivity index (χ0) is 38.6. The molecule has 266 valence electrons. The summed E-state index contributed by atoms with van der Waals surface area (Å²) in [5.41, 5.74) is 17.4. The van der Waals surface area contributed by atoms with Gasteiger partial charge < -0.3 is 8.98 Å². The highest BCUT2D eigenvalue weighted by atomic mass is 16.3. The van der Waals surface area contributed by atoms with Crippen LogP contribution in [0.25, 0.3) is 71.7 Å². The summed E-state index contributed by atoms with van der Waals surface area (Å²) in [6.07, 6.45) is 0. The quantitative estimate of drug-likeness (QED) is 0.181. The van der Waals surface area contributed by atoms with Gasteiger partial charge in [-0.2, -0.15) is 15.8 Å². The molecule has 0 aliphatic heterocycles. The molecule has 0 atom stereocenters. The molecule has 0 radical (unpaired) electrons. The standard InChI is InChI=1S/C53H28N4O/c54-27-30-10-17-38-42(22-30)51-43-23-31(28-55)11-18-39(43)50(38)45-26-41(35(29-56)25-44(45)51)34-14-20-47-46(24-34)52-48(21-19-40-37-8-4-5-9-49(37)58-53(40)52)57(47)36-15-12-33(13-16-36)32-6-2-1-3-7-32/h1-26,50-51H. The van der Waals surface area contributed by atoms with Crippen molar-refractivity contribution in [3.05, 3.63) is 208 Å². The lowest BCUT2D eigenvalue weighted by Crippen LogP contribution is -2.28. The van der Waals surface area contributed by atoms with Crippen LogP contribution in [0.2, 0.25) is 0 Å². The van der Waals surface area contributed by atoms with Crippen LogP contribution in [0.15, 0.2) is 162 Å². The molecular formula is C53H28N4O. The number of fused-ring (bicyclic) bond motifs is 7. The third-order valence-electron chi connectivity index (χ3n) is 12.5. The first-order valence-corrected chi connectivity index (χ1v) is 19.3. The summed E-state index contributed by atoms with van der Waals surface area (Å²) in [5, 5.41) is 34.7. The zero-order valence-electron chi connectivity index (χ0n) is 30.9. The largest absolute Gasteiger partial charge is 0.455 e. The van der Waals surface area contributed by atoms with Crippen molar-refractivity contribution < 1.29 is 4.42 Å². The van der Waals surface area contributed by atoms with Crippen LogP contribution in [0.5, 0.6) is 0 Å². The van der Waals surface area contributed by atoms with Crippen molar-refractivity contribution in [2.24, 2.45) is 0 Å². The highest BCUT2D eigenvalue weighted by Crippen LogP contribution is 2.57. The first kappa shape index (κ1) is 32.1. The Morgan fingerprint density at radius 2 is 1.07 bits per heavy atom. The fraction of sp³-hybridized carbons (Fsp3) is 0.0377. The van der Waals surface area contributed by atoms with Gasteiger partial charge in [0.1, 0.15) is 11.2 Å². The van der Waals surface area contributed by atoms with E-state index in [1.807, 2.05) is 54.6 Å². The number of hydrogen-bond donors (Lipinski definition) is 0. The lowest BCUT2D eigenvalue weighted by Gasteiger charge is -2.42. The van der Waals surface area contributed by atoms with Crippen LogP contribution in [0, 0.1) is 34.0 Å². The fourth-order valence-electron chi connectivity index (χ4n) is 9.95. The van der Waals surface area contributed by atoms with Crippen LogP contribution in [-0.2, 0) is 0 Å². The maximum absolute atomic E-state index is 10.8. The Bertz CT molecular complexity index is 3480. The van der Waals surface area contributed by atoms with Gasteiger partial charge in [0.15, 0.2) is 0 Å².